The summed E-state index contributed by atoms with van der Waals surface area (Å²) in [5.41, 5.74) is -3.99. The minimum atomic E-state index is -5.10. The van der Waals surface area contributed by atoms with Crippen LogP contribution < -0.4 is 5.56 Å². The van der Waals surface area contributed by atoms with Crippen molar-refractivity contribution in [3.8, 4) is 6.07 Å². The number of aromatic nitrogens is 3. The smallest absolute Gasteiger partial charge is 0.414 e. The zero-order valence-electron chi connectivity index (χ0n) is 36.7. The van der Waals surface area contributed by atoms with Crippen molar-refractivity contribution in [2.45, 2.75) is 132 Å². The molecular formula is C39H56FN4O16P2Si2+. The van der Waals surface area contributed by atoms with Gasteiger partial charge in [0.2, 0.25) is 0 Å². The summed E-state index contributed by atoms with van der Waals surface area (Å²) in [6.07, 6.45) is -8.35. The number of phosphoric acid groups is 1. The van der Waals surface area contributed by atoms with Gasteiger partial charge in [-0.25, -0.2) is 13.9 Å². The summed E-state index contributed by atoms with van der Waals surface area (Å²) in [7, 11) is -15.8. The molecule has 0 amide bonds. The van der Waals surface area contributed by atoms with Crippen LogP contribution in [0.3, 0.4) is 0 Å². The fraction of sp³-hybridized carbons (Fsp3) is 0.641. The number of benzene rings is 1. The highest BCUT2D eigenvalue weighted by Crippen LogP contribution is 2.57. The number of phosphoric ester groups is 1. The van der Waals surface area contributed by atoms with Crippen molar-refractivity contribution in [3.05, 3.63) is 64.6 Å². The van der Waals surface area contributed by atoms with Gasteiger partial charge in [0.15, 0.2) is 41.3 Å². The molecule has 3 aliphatic heterocycles. The highest BCUT2D eigenvalue weighted by Gasteiger charge is 2.68. The van der Waals surface area contributed by atoms with Crippen LogP contribution in [0, 0.1) is 17.1 Å². The molecule has 10 atom stereocenters. The minimum absolute atomic E-state index is 0.216. The number of aromatic amines is 1. The summed E-state index contributed by atoms with van der Waals surface area (Å²) in [4.78, 5) is 55.2. The molecule has 6 rings (SSSR count). The molecule has 64 heavy (non-hydrogen) atoms. The molecule has 0 aliphatic carbocycles. The quantitative estimate of drug-likeness (QED) is 0.0415. The summed E-state index contributed by atoms with van der Waals surface area (Å²) in [5, 5.41) is 19.9. The third kappa shape index (κ3) is 9.71. The van der Waals surface area contributed by atoms with E-state index in [4.69, 9.17) is 40.8 Å². The van der Waals surface area contributed by atoms with Crippen molar-refractivity contribution >= 4 is 50.0 Å². The van der Waals surface area contributed by atoms with Crippen LogP contribution in [-0.2, 0) is 50.0 Å². The Hall–Kier alpha value is -2.99. The van der Waals surface area contributed by atoms with Crippen molar-refractivity contribution in [1.82, 2.24) is 14.5 Å². The fourth-order valence-electron chi connectivity index (χ4n) is 8.54. The molecule has 0 spiro atoms. The van der Waals surface area contributed by atoms with Crippen LogP contribution in [0.4, 0.5) is 4.39 Å². The number of nitriles is 1. The number of nitrogens with one attached hydrogen (secondary N) is 1. The number of halogens is 1. The van der Waals surface area contributed by atoms with Gasteiger partial charge < -0.3 is 42.2 Å². The Bertz CT molecular complexity index is 2280. The van der Waals surface area contributed by atoms with Crippen LogP contribution in [-0.4, -0.2) is 121 Å². The number of aliphatic hydroxyl groups excluding tert-OH is 1. The van der Waals surface area contributed by atoms with Crippen LogP contribution in [0.25, 0.3) is 11.0 Å². The van der Waals surface area contributed by atoms with Gasteiger partial charge in [0, 0.05) is 16.3 Å². The minimum Gasteiger partial charge on any atom is -0.414 e. The van der Waals surface area contributed by atoms with Crippen molar-refractivity contribution in [2.24, 2.45) is 0 Å². The van der Waals surface area contributed by atoms with E-state index in [1.54, 1.807) is 30.3 Å². The Kier molecular flexibility index (Phi) is 15.8. The molecule has 2 aromatic heterocycles. The van der Waals surface area contributed by atoms with Crippen molar-refractivity contribution in [3.63, 3.8) is 0 Å². The molecule has 2 bridgehead atoms. The summed E-state index contributed by atoms with van der Waals surface area (Å²) in [6.45, 7) is 12.5. The second-order valence-electron chi connectivity index (χ2n) is 17.2. The molecule has 5 heterocycles. The summed E-state index contributed by atoms with van der Waals surface area (Å²) in [5.74, 6) is -1.53. The molecule has 3 aliphatic rings. The molecule has 4 N–H and O–H groups in total. The maximum atomic E-state index is 15.7. The molecule has 352 valence electrons. The lowest BCUT2D eigenvalue weighted by Crippen LogP contribution is -2.62. The molecule has 0 saturated carbocycles. The standard InChI is InChI=1S/C39H55FN4O16P2Si2/c1-22(2)63(51,23(3)4)60-64(24(5)6,25(7)8)59-31-28(18-45)55-38(44-17-27(40)29-36(44)42-21-43-37(29)47)34(31)58-62(50,53-16-12-15-41)54-20-39-19-52-33(35(39)57-61(48)49)32(56-39)30(46)26-13-10-9-11-14-26/h9-11,13-14,17,21-25,28,31-35,38,45,51H,12,16,18-20H2,1-8H3,(H-,42,43,47,48,49)/p+1/t28-,31-,32+,33+,34-,35+,38-,39-,62?/m1/s1. The van der Waals surface area contributed by atoms with Gasteiger partial charge in [-0.1, -0.05) is 85.7 Å². The Morgan fingerprint density at radius 2 is 1.78 bits per heavy atom. The molecular weight excluding hydrogens is 918 g/mol. The van der Waals surface area contributed by atoms with E-state index in [0.29, 0.717) is 0 Å². The van der Waals surface area contributed by atoms with E-state index in [2.05, 4.69) is 9.97 Å². The maximum absolute atomic E-state index is 15.7. The van der Waals surface area contributed by atoms with E-state index in [1.807, 2.05) is 61.5 Å². The number of ketones is 1. The molecule has 1 aromatic carbocycles. The van der Waals surface area contributed by atoms with Gasteiger partial charge in [-0.2, -0.15) is 5.26 Å². The van der Waals surface area contributed by atoms with Crippen LogP contribution >= 0.6 is 16.1 Å². The second kappa shape index (κ2) is 20.1. The van der Waals surface area contributed by atoms with Crippen LogP contribution in [0.1, 0.15) is 78.4 Å². The second-order valence-corrected chi connectivity index (χ2v) is 28.2. The van der Waals surface area contributed by atoms with Crippen molar-refractivity contribution in [2.75, 3.05) is 26.4 Å². The first-order chi connectivity index (χ1) is 30.2. The topological polar surface area (TPSA) is 269 Å². The molecule has 3 saturated heterocycles. The zero-order chi connectivity index (χ0) is 46.9. The molecule has 2 unspecified atom stereocenters. The van der Waals surface area contributed by atoms with Gasteiger partial charge in [0.05, 0.1) is 45.2 Å². The number of carbonyl (C=O) groups is 1. The number of aliphatic hydroxyl groups is 1. The molecule has 3 fully saturated rings. The van der Waals surface area contributed by atoms with E-state index < -0.39 is 124 Å². The number of ether oxygens (including phenoxy) is 3. The summed E-state index contributed by atoms with van der Waals surface area (Å²) < 4.78 is 100. The van der Waals surface area contributed by atoms with Crippen LogP contribution in [0.15, 0.2) is 47.7 Å². The Morgan fingerprint density at radius 1 is 1.11 bits per heavy atom. The first kappa shape index (κ1) is 50.4. The number of H-pyrrole nitrogens is 1. The van der Waals surface area contributed by atoms with E-state index >= 15 is 8.96 Å². The van der Waals surface area contributed by atoms with Gasteiger partial charge in [-0.15, -0.1) is 9.42 Å². The number of fused-ring (bicyclic) bond motifs is 3. The lowest BCUT2D eigenvalue weighted by molar-refractivity contribution is -0.146. The van der Waals surface area contributed by atoms with E-state index in [-0.39, 0.29) is 46.4 Å². The first-order valence-corrected chi connectivity index (χ1v) is 27.5. The zero-order valence-corrected chi connectivity index (χ0v) is 40.5. The van der Waals surface area contributed by atoms with Gasteiger partial charge in [0.25, 0.3) is 5.56 Å². The number of nitrogens with zero attached hydrogens (tertiary/aromatic N) is 3. The first-order valence-electron chi connectivity index (χ1n) is 20.9. The van der Waals surface area contributed by atoms with Crippen molar-refractivity contribution in [1.29, 1.82) is 5.26 Å². The Balaban J connectivity index is 1.45. The predicted molar refractivity (Wildman–Crippen MR) is 229 cm³/mol. The number of carbonyl (C=O) groups excluding carboxylic acids is 1. The molecule has 20 nitrogen and oxygen atoms in total. The highest BCUT2D eigenvalue weighted by atomic mass is 31.2. The number of hydrogen-bond donors (Lipinski definition) is 4. The van der Waals surface area contributed by atoms with Gasteiger partial charge in [0.1, 0.15) is 29.8 Å². The number of rotatable bonds is 22. The van der Waals surface area contributed by atoms with Crippen LogP contribution in [0.5, 0.6) is 0 Å². The third-order valence-electron chi connectivity index (χ3n) is 11.9. The predicted octanol–water partition coefficient (Wildman–Crippen LogP) is 5.57. The average molecular weight is 974 g/mol. The van der Waals surface area contributed by atoms with E-state index in [9.17, 15) is 34.2 Å². The fourth-order valence-corrected chi connectivity index (χ4v) is 20.4. The van der Waals surface area contributed by atoms with Crippen molar-refractivity contribution < 1.29 is 74.0 Å². The monoisotopic (exact) mass is 973 g/mol. The Morgan fingerprint density at radius 3 is 2.38 bits per heavy atom. The Labute approximate surface area is 372 Å². The maximum Gasteiger partial charge on any atom is 0.695 e. The van der Waals surface area contributed by atoms with Gasteiger partial charge in [-0.05, 0) is 22.2 Å². The number of hydrogen-bond acceptors (Lipinski definition) is 17. The SMILES string of the molecule is CC(C)[Si](O)(O[Si](O[C@H]1[C@@H](OP(=O)(OCCC#N)OC[C@@]23CO[C@@H]([C@H](C(=O)c4ccccc4)O2)[C@@H]3O[P+](=O)O)[C@H](n2cc(F)c3c(=O)[nH]cnc32)O[C@@H]1CO)(C(C)C)C(C)C)C(C)C. The molecule has 0 radical (unpaired) electrons. The lowest BCUT2D eigenvalue weighted by Gasteiger charge is -2.47. The lowest BCUT2D eigenvalue weighted by atomic mass is 9.97. The largest absolute Gasteiger partial charge is 0.695 e. The summed E-state index contributed by atoms with van der Waals surface area (Å²) >= 11 is 0. The third-order valence-corrected chi connectivity index (χ3v) is 23.5. The van der Waals surface area contributed by atoms with Crippen LogP contribution in [0.2, 0.25) is 22.2 Å². The highest BCUT2D eigenvalue weighted by molar-refractivity contribution is 7.48. The molecule has 3 aromatic rings. The summed E-state index contributed by atoms with van der Waals surface area (Å²) in [6, 6.07) is 9.97. The van der Waals surface area contributed by atoms with Gasteiger partial charge in [-0.3, -0.25) is 23.2 Å². The van der Waals surface area contributed by atoms with Gasteiger partial charge >= 0.3 is 33.2 Å². The molecule has 25 heteroatoms. The average Bonchev–Trinajstić information content (AvgIpc) is 3.96. The van der Waals surface area contributed by atoms with E-state index in [1.165, 1.54) is 0 Å². The normalized spacial score (nSPS) is 27.3. The number of Topliss-reactive ketones (excluding diaryl/α,β-unsaturated/α-hetero) is 1. The van der Waals surface area contributed by atoms with E-state index in [0.717, 1.165) is 17.1 Å².